The van der Waals surface area contributed by atoms with Gasteiger partial charge in [0.1, 0.15) is 0 Å². The third kappa shape index (κ3) is 8.80. The fourth-order valence-corrected chi connectivity index (χ4v) is 4.86. The van der Waals surface area contributed by atoms with Crippen molar-refractivity contribution in [1.82, 2.24) is 20.4 Å². The zero-order valence-corrected chi connectivity index (χ0v) is 22.4. The first-order valence-corrected chi connectivity index (χ1v) is 13.2. The first-order valence-electron chi connectivity index (χ1n) is 12.8. The monoisotopic (exact) mass is 524 g/mol. The number of hydrogen-bond acceptors (Lipinski definition) is 5. The Kier molecular flexibility index (Phi) is 10.7. The predicted molar refractivity (Wildman–Crippen MR) is 140 cm³/mol. The quantitative estimate of drug-likeness (QED) is 0.361. The van der Waals surface area contributed by atoms with E-state index in [9.17, 15) is 9.59 Å². The summed E-state index contributed by atoms with van der Waals surface area (Å²) >= 11 is 6.18. The van der Waals surface area contributed by atoms with Crippen molar-refractivity contribution in [3.8, 4) is 0 Å². The van der Waals surface area contributed by atoms with Crippen LogP contribution in [0, 0.1) is 5.92 Å². The number of ether oxygens (including phenoxy) is 2. The smallest absolute Gasteiger partial charge is 0.407 e. The summed E-state index contributed by atoms with van der Waals surface area (Å²) in [6, 6.07) is 7.33. The summed E-state index contributed by atoms with van der Waals surface area (Å²) < 4.78 is 12.1. The maximum absolute atomic E-state index is 13.0. The van der Waals surface area contributed by atoms with Gasteiger partial charge in [-0.2, -0.15) is 0 Å². The fraction of sp³-hybridized carbons (Fsp3) is 0.692. The molecule has 36 heavy (non-hydrogen) atoms. The number of carbonyl (C=O) groups excluding carboxylic acids is 1. The van der Waals surface area contributed by atoms with Gasteiger partial charge in [0.25, 0.3) is 0 Å². The Hall–Kier alpha value is -2.07. The third-order valence-corrected chi connectivity index (χ3v) is 7.44. The van der Waals surface area contributed by atoms with E-state index in [0.717, 1.165) is 31.4 Å². The number of nitrogens with zero attached hydrogens (tertiary/aromatic N) is 2. The number of halogens is 1. The summed E-state index contributed by atoms with van der Waals surface area (Å²) in [4.78, 5) is 26.9. The van der Waals surface area contributed by atoms with Crippen LogP contribution in [0.5, 0.6) is 0 Å². The molecular weight excluding hydrogens is 484 g/mol. The van der Waals surface area contributed by atoms with Crippen LogP contribution < -0.4 is 10.6 Å². The molecule has 1 aliphatic heterocycles. The molecule has 0 unspecified atom stereocenters. The van der Waals surface area contributed by atoms with Gasteiger partial charge < -0.3 is 35.0 Å². The van der Waals surface area contributed by atoms with Crippen LogP contribution in [0.25, 0.3) is 0 Å². The average molecular weight is 525 g/mol. The SMILES string of the molecule is CNC[C@H](C[C@H]1CCC2(CC2)OC1)NC(=O)N(C)CC[C@@H](OCCN(C)C(=O)O)c1cccc(Cl)c1. The maximum Gasteiger partial charge on any atom is 0.407 e. The lowest BCUT2D eigenvalue weighted by molar-refractivity contribution is -0.0378. The minimum atomic E-state index is -1.00. The summed E-state index contributed by atoms with van der Waals surface area (Å²) in [5.74, 6) is 0.463. The number of nitrogens with one attached hydrogen (secondary N) is 2. The van der Waals surface area contributed by atoms with E-state index in [1.54, 1.807) is 18.0 Å². The second-order valence-corrected chi connectivity index (χ2v) is 10.6. The van der Waals surface area contributed by atoms with Gasteiger partial charge in [0.15, 0.2) is 0 Å². The van der Waals surface area contributed by atoms with Crippen LogP contribution in [-0.4, -0.2) is 92.7 Å². The van der Waals surface area contributed by atoms with E-state index in [4.69, 9.17) is 26.2 Å². The van der Waals surface area contributed by atoms with E-state index < -0.39 is 6.09 Å². The Morgan fingerprint density at radius 2 is 2.03 bits per heavy atom. The molecule has 1 aliphatic carbocycles. The van der Waals surface area contributed by atoms with Gasteiger partial charge in [0.2, 0.25) is 0 Å². The van der Waals surface area contributed by atoms with Crippen molar-refractivity contribution < 1.29 is 24.2 Å². The summed E-state index contributed by atoms with van der Waals surface area (Å²) in [7, 11) is 5.18. The fourth-order valence-electron chi connectivity index (χ4n) is 4.66. The molecule has 9 nitrogen and oxygen atoms in total. The molecule has 0 bridgehead atoms. The number of rotatable bonds is 13. The number of likely N-dealkylation sites (N-methyl/N-ethyl adjacent to an activating group) is 2. The molecule has 1 saturated carbocycles. The standard InChI is InChI=1S/C26H41ClN4O5/c1-28-17-22(15-19-7-9-26(10-11-26)36-18-19)29-24(32)30(2)12-8-23(20-5-4-6-21(27)16-20)35-14-13-31(3)25(33)34/h4-6,16,19,22-23,28H,7-15,17-18H2,1-3H3,(H,29,32)(H,33,34)/t19-,22+,23-/m1/s1. The third-order valence-electron chi connectivity index (χ3n) is 7.20. The van der Waals surface area contributed by atoms with Crippen LogP contribution in [0.2, 0.25) is 5.02 Å². The molecule has 3 amide bonds. The Morgan fingerprint density at radius 1 is 1.25 bits per heavy atom. The summed E-state index contributed by atoms with van der Waals surface area (Å²) in [5, 5.41) is 16.0. The zero-order chi connectivity index (χ0) is 26.1. The van der Waals surface area contributed by atoms with Crippen molar-refractivity contribution in [2.75, 3.05) is 54.0 Å². The van der Waals surface area contributed by atoms with Crippen molar-refractivity contribution in [3.63, 3.8) is 0 Å². The highest BCUT2D eigenvalue weighted by atomic mass is 35.5. The molecule has 1 aromatic rings. The molecule has 10 heteroatoms. The Morgan fingerprint density at radius 3 is 2.64 bits per heavy atom. The Labute approximate surface area is 219 Å². The van der Waals surface area contributed by atoms with Gasteiger partial charge in [0, 0.05) is 44.8 Å². The zero-order valence-electron chi connectivity index (χ0n) is 21.7. The van der Waals surface area contributed by atoms with Crippen molar-refractivity contribution in [2.24, 2.45) is 5.92 Å². The van der Waals surface area contributed by atoms with Crippen LogP contribution in [0.15, 0.2) is 24.3 Å². The molecule has 1 saturated heterocycles. The minimum Gasteiger partial charge on any atom is -0.465 e. The molecule has 3 N–H and O–H groups in total. The largest absolute Gasteiger partial charge is 0.465 e. The number of amides is 3. The van der Waals surface area contributed by atoms with Gasteiger partial charge in [-0.25, -0.2) is 9.59 Å². The highest BCUT2D eigenvalue weighted by Crippen LogP contribution is 2.47. The van der Waals surface area contributed by atoms with Crippen molar-refractivity contribution in [1.29, 1.82) is 0 Å². The summed E-state index contributed by atoms with van der Waals surface area (Å²) in [6.45, 7) is 2.44. The molecule has 2 fully saturated rings. The van der Waals surface area contributed by atoms with Crippen LogP contribution in [0.1, 0.15) is 50.2 Å². The summed E-state index contributed by atoms with van der Waals surface area (Å²) in [6.07, 6.45) is 4.79. The summed E-state index contributed by atoms with van der Waals surface area (Å²) in [5.41, 5.74) is 1.08. The number of hydrogen-bond donors (Lipinski definition) is 3. The van der Waals surface area contributed by atoms with Crippen LogP contribution in [-0.2, 0) is 9.47 Å². The van der Waals surface area contributed by atoms with Crippen LogP contribution in [0.4, 0.5) is 9.59 Å². The van der Waals surface area contributed by atoms with E-state index in [1.807, 2.05) is 25.2 Å². The molecule has 1 spiro atoms. The van der Waals surface area contributed by atoms with E-state index in [-0.39, 0.29) is 36.9 Å². The van der Waals surface area contributed by atoms with E-state index in [1.165, 1.54) is 24.8 Å². The molecule has 1 heterocycles. The van der Waals surface area contributed by atoms with Gasteiger partial charge in [-0.05, 0) is 69.2 Å². The van der Waals surface area contributed by atoms with E-state index in [0.29, 0.717) is 30.5 Å². The number of carbonyl (C=O) groups is 2. The number of carboxylic acid groups (broad SMARTS) is 1. The minimum absolute atomic E-state index is 0.0262. The molecule has 3 atom stereocenters. The van der Waals surface area contributed by atoms with Gasteiger partial charge >= 0.3 is 12.1 Å². The lowest BCUT2D eigenvalue weighted by Crippen LogP contribution is -2.48. The van der Waals surface area contributed by atoms with Crippen LogP contribution in [0.3, 0.4) is 0 Å². The van der Waals surface area contributed by atoms with E-state index in [2.05, 4.69) is 10.6 Å². The maximum atomic E-state index is 13.0. The highest BCUT2D eigenvalue weighted by Gasteiger charge is 2.46. The second-order valence-electron chi connectivity index (χ2n) is 10.2. The van der Waals surface area contributed by atoms with Crippen molar-refractivity contribution >= 4 is 23.7 Å². The number of urea groups is 1. The highest BCUT2D eigenvalue weighted by molar-refractivity contribution is 6.30. The lowest BCUT2D eigenvalue weighted by Gasteiger charge is -2.32. The van der Waals surface area contributed by atoms with Gasteiger partial charge in [-0.3, -0.25) is 0 Å². The molecule has 0 radical (unpaired) electrons. The molecule has 3 rings (SSSR count). The first kappa shape index (κ1) is 28.5. The second kappa shape index (κ2) is 13.5. The first-order chi connectivity index (χ1) is 17.2. The van der Waals surface area contributed by atoms with Crippen molar-refractivity contribution in [2.45, 2.75) is 56.3 Å². The van der Waals surface area contributed by atoms with Gasteiger partial charge in [-0.15, -0.1) is 0 Å². The molecule has 0 aromatic heterocycles. The Balaban J connectivity index is 1.50. The lowest BCUT2D eigenvalue weighted by atomic mass is 9.91. The molecular formula is C26H41ClN4O5. The van der Waals surface area contributed by atoms with Gasteiger partial charge in [-0.1, -0.05) is 23.7 Å². The molecule has 2 aliphatic rings. The Bertz CT molecular complexity index is 858. The van der Waals surface area contributed by atoms with Crippen LogP contribution >= 0.6 is 11.6 Å². The topological polar surface area (TPSA) is 103 Å². The van der Waals surface area contributed by atoms with Gasteiger partial charge in [0.05, 0.1) is 24.9 Å². The average Bonchev–Trinajstić information content (AvgIpc) is 3.61. The molecule has 202 valence electrons. The van der Waals surface area contributed by atoms with Crippen molar-refractivity contribution in [3.05, 3.63) is 34.9 Å². The number of benzene rings is 1. The normalized spacial score (nSPS) is 19.9. The molecule has 1 aromatic carbocycles. The van der Waals surface area contributed by atoms with E-state index >= 15 is 0 Å². The predicted octanol–water partition coefficient (Wildman–Crippen LogP) is 3.98.